The van der Waals surface area contributed by atoms with Gasteiger partial charge in [0.25, 0.3) is 0 Å². The third-order valence-corrected chi connectivity index (χ3v) is 5.01. The van der Waals surface area contributed by atoms with E-state index in [-0.39, 0.29) is 5.78 Å². The Morgan fingerprint density at radius 2 is 1.79 bits per heavy atom. The smallest absolute Gasteiger partial charge is 0.210 e. The van der Waals surface area contributed by atoms with Gasteiger partial charge in [-0.2, -0.15) is 0 Å². The number of hydrogen-bond donors (Lipinski definition) is 1. The van der Waals surface area contributed by atoms with E-state index >= 15 is 0 Å². The lowest BCUT2D eigenvalue weighted by Gasteiger charge is -2.06. The first-order chi connectivity index (χ1) is 11.7. The van der Waals surface area contributed by atoms with E-state index in [0.717, 1.165) is 21.5 Å². The molecule has 0 saturated heterocycles. The number of benzene rings is 2. The number of carbonyl (C=O) groups is 1. The van der Waals surface area contributed by atoms with Gasteiger partial charge in [0, 0.05) is 5.69 Å². The van der Waals surface area contributed by atoms with E-state index in [9.17, 15) is 4.79 Å². The Morgan fingerprint density at radius 3 is 2.50 bits per heavy atom. The molecule has 0 spiro atoms. The van der Waals surface area contributed by atoms with Crippen LogP contribution in [0, 0.1) is 0 Å². The van der Waals surface area contributed by atoms with Gasteiger partial charge in [0.15, 0.2) is 4.34 Å². The Balaban J connectivity index is 1.59. The molecule has 1 N–H and O–H groups in total. The number of rotatable bonds is 7. The minimum Gasteiger partial charge on any atom is -0.457 e. The highest BCUT2D eigenvalue weighted by molar-refractivity contribution is 8.01. The summed E-state index contributed by atoms with van der Waals surface area (Å²) in [6, 6.07) is 17.3. The normalized spacial score (nSPS) is 10.4. The maximum Gasteiger partial charge on any atom is 0.210 e. The lowest BCUT2D eigenvalue weighted by atomic mass is 10.3. The number of ketones is 1. The minimum absolute atomic E-state index is 0.124. The molecule has 0 radical (unpaired) electrons. The summed E-state index contributed by atoms with van der Waals surface area (Å²) in [7, 11) is 0. The Labute approximate surface area is 148 Å². The second kappa shape index (κ2) is 7.94. The quantitative estimate of drug-likeness (QED) is 0.615. The van der Waals surface area contributed by atoms with Crippen LogP contribution in [0.2, 0.25) is 0 Å². The van der Waals surface area contributed by atoms with Crippen LogP contribution >= 0.6 is 23.1 Å². The molecule has 0 aliphatic heterocycles. The van der Waals surface area contributed by atoms with Gasteiger partial charge >= 0.3 is 0 Å². The number of ether oxygens (including phenoxy) is 1. The number of aromatic nitrogens is 2. The van der Waals surface area contributed by atoms with Crippen LogP contribution in [0.4, 0.5) is 10.8 Å². The molecule has 0 saturated carbocycles. The number of nitrogens with zero attached hydrogens (tertiary/aromatic N) is 2. The largest absolute Gasteiger partial charge is 0.457 e. The zero-order valence-corrected chi connectivity index (χ0v) is 14.6. The monoisotopic (exact) mass is 357 g/mol. The maximum absolute atomic E-state index is 11.0. The average molecular weight is 357 g/mol. The van der Waals surface area contributed by atoms with E-state index in [1.165, 1.54) is 23.1 Å². The Morgan fingerprint density at radius 1 is 1.08 bits per heavy atom. The Kier molecular flexibility index (Phi) is 5.45. The highest BCUT2D eigenvalue weighted by atomic mass is 32.2. The first kappa shape index (κ1) is 16.5. The van der Waals surface area contributed by atoms with Crippen molar-refractivity contribution < 1.29 is 9.53 Å². The Hall–Kier alpha value is -2.38. The van der Waals surface area contributed by atoms with Gasteiger partial charge in [-0.05, 0) is 43.3 Å². The fourth-order valence-electron chi connectivity index (χ4n) is 1.84. The van der Waals surface area contributed by atoms with Gasteiger partial charge in [-0.25, -0.2) is 0 Å². The van der Waals surface area contributed by atoms with Crippen molar-refractivity contribution in [1.82, 2.24) is 10.2 Å². The van der Waals surface area contributed by atoms with Gasteiger partial charge in [-0.15, -0.1) is 10.2 Å². The molecule has 3 rings (SSSR count). The molecule has 0 aliphatic carbocycles. The lowest BCUT2D eigenvalue weighted by molar-refractivity contribution is -0.114. The van der Waals surface area contributed by atoms with Crippen molar-refractivity contribution in [2.75, 3.05) is 11.1 Å². The molecule has 0 amide bonds. The van der Waals surface area contributed by atoms with Crippen LogP contribution < -0.4 is 10.1 Å². The van der Waals surface area contributed by atoms with Crippen molar-refractivity contribution in [3.8, 4) is 11.5 Å². The number of carbonyl (C=O) groups excluding carboxylic acids is 1. The van der Waals surface area contributed by atoms with Crippen molar-refractivity contribution >= 4 is 39.7 Å². The van der Waals surface area contributed by atoms with Crippen LogP contribution in [0.5, 0.6) is 11.5 Å². The zero-order valence-electron chi connectivity index (χ0n) is 12.9. The van der Waals surface area contributed by atoms with E-state index in [1.54, 1.807) is 6.92 Å². The summed E-state index contributed by atoms with van der Waals surface area (Å²) in [5.74, 6) is 2.11. The summed E-state index contributed by atoms with van der Waals surface area (Å²) in [6.07, 6.45) is 0. The molecule has 5 nitrogen and oxygen atoms in total. The zero-order chi connectivity index (χ0) is 16.8. The number of Topliss-reactive ketones (excluding diaryl/α,β-unsaturated/α-hetero) is 1. The lowest BCUT2D eigenvalue weighted by Crippen LogP contribution is -1.92. The number of hydrogen-bond acceptors (Lipinski definition) is 7. The third-order valence-electron chi connectivity index (χ3n) is 2.89. The average Bonchev–Trinajstić information content (AvgIpc) is 3.03. The summed E-state index contributed by atoms with van der Waals surface area (Å²) in [6.45, 7) is 1.56. The summed E-state index contributed by atoms with van der Waals surface area (Å²) in [4.78, 5) is 11.0. The fourth-order valence-corrected chi connectivity index (χ4v) is 3.41. The van der Waals surface area contributed by atoms with E-state index in [4.69, 9.17) is 4.74 Å². The van der Waals surface area contributed by atoms with Gasteiger partial charge in [0.1, 0.15) is 17.3 Å². The minimum atomic E-state index is 0.124. The van der Waals surface area contributed by atoms with Crippen molar-refractivity contribution in [2.45, 2.75) is 11.3 Å². The molecule has 24 heavy (non-hydrogen) atoms. The fraction of sp³-hybridized carbons (Fsp3) is 0.118. The second-order valence-corrected chi connectivity index (χ2v) is 7.13. The third kappa shape index (κ3) is 4.81. The van der Waals surface area contributed by atoms with Crippen molar-refractivity contribution in [2.24, 2.45) is 0 Å². The molecule has 122 valence electrons. The van der Waals surface area contributed by atoms with E-state index in [0.29, 0.717) is 10.9 Å². The molecule has 0 atom stereocenters. The molecular formula is C17H15N3O2S2. The highest BCUT2D eigenvalue weighted by Gasteiger charge is 2.06. The molecular weight excluding hydrogens is 342 g/mol. The SMILES string of the molecule is CC(=O)CSc1nnc(Nc2ccc(Oc3ccccc3)cc2)s1. The highest BCUT2D eigenvalue weighted by Crippen LogP contribution is 2.29. The molecule has 7 heteroatoms. The summed E-state index contributed by atoms with van der Waals surface area (Å²) < 4.78 is 6.53. The number of para-hydroxylation sites is 1. The number of anilines is 2. The molecule has 2 aromatic carbocycles. The maximum atomic E-state index is 11.0. The summed E-state index contributed by atoms with van der Waals surface area (Å²) >= 11 is 2.82. The van der Waals surface area contributed by atoms with E-state index in [1.807, 2.05) is 54.6 Å². The summed E-state index contributed by atoms with van der Waals surface area (Å²) in [5.41, 5.74) is 0.898. The molecule has 3 aromatic rings. The predicted molar refractivity (Wildman–Crippen MR) is 97.6 cm³/mol. The first-order valence-corrected chi connectivity index (χ1v) is 9.05. The first-order valence-electron chi connectivity index (χ1n) is 7.25. The molecule has 0 bridgehead atoms. The van der Waals surface area contributed by atoms with Crippen molar-refractivity contribution in [3.05, 3.63) is 54.6 Å². The van der Waals surface area contributed by atoms with Gasteiger partial charge in [-0.1, -0.05) is 41.3 Å². The van der Waals surface area contributed by atoms with Gasteiger partial charge in [0.05, 0.1) is 5.75 Å². The molecule has 0 aliphatic rings. The number of thioether (sulfide) groups is 1. The molecule has 0 fully saturated rings. The molecule has 0 unspecified atom stereocenters. The van der Waals surface area contributed by atoms with Gasteiger partial charge in [-0.3, -0.25) is 4.79 Å². The topological polar surface area (TPSA) is 64.1 Å². The van der Waals surface area contributed by atoms with Gasteiger partial charge in [0.2, 0.25) is 5.13 Å². The van der Waals surface area contributed by atoms with Crippen LogP contribution in [0.25, 0.3) is 0 Å². The predicted octanol–water partition coefficient (Wildman–Crippen LogP) is 4.76. The van der Waals surface area contributed by atoms with E-state index in [2.05, 4.69) is 15.5 Å². The van der Waals surface area contributed by atoms with Crippen LogP contribution in [0.15, 0.2) is 58.9 Å². The number of nitrogens with one attached hydrogen (secondary N) is 1. The van der Waals surface area contributed by atoms with Crippen molar-refractivity contribution in [1.29, 1.82) is 0 Å². The second-order valence-electron chi connectivity index (χ2n) is 4.93. The van der Waals surface area contributed by atoms with E-state index < -0.39 is 0 Å². The van der Waals surface area contributed by atoms with Crippen LogP contribution in [-0.4, -0.2) is 21.7 Å². The summed E-state index contributed by atoms with van der Waals surface area (Å²) in [5, 5.41) is 12.0. The van der Waals surface area contributed by atoms with Gasteiger partial charge < -0.3 is 10.1 Å². The van der Waals surface area contributed by atoms with Crippen LogP contribution in [0.1, 0.15) is 6.92 Å². The van der Waals surface area contributed by atoms with Crippen LogP contribution in [-0.2, 0) is 4.79 Å². The molecule has 1 heterocycles. The molecule has 1 aromatic heterocycles. The Bertz CT molecular complexity index is 804. The standard InChI is InChI=1S/C17H15N3O2S2/c1-12(21)11-23-17-20-19-16(24-17)18-13-7-9-15(10-8-13)22-14-5-3-2-4-6-14/h2-10H,11H2,1H3,(H,18,19). The van der Waals surface area contributed by atoms with Crippen molar-refractivity contribution in [3.63, 3.8) is 0 Å². The van der Waals surface area contributed by atoms with Crippen LogP contribution in [0.3, 0.4) is 0 Å².